The molecule has 0 aliphatic heterocycles. The summed E-state index contributed by atoms with van der Waals surface area (Å²) in [6, 6.07) is 15.7. The molecule has 0 fully saturated rings. The highest BCUT2D eigenvalue weighted by Crippen LogP contribution is 2.18. The zero-order valence-electron chi connectivity index (χ0n) is 13.0. The van der Waals surface area contributed by atoms with E-state index in [9.17, 15) is 9.59 Å². The molecule has 0 atom stereocenters. The minimum absolute atomic E-state index is 0.188. The molecule has 2 amide bonds. The summed E-state index contributed by atoms with van der Waals surface area (Å²) in [4.78, 5) is 28.4. The molecule has 3 aromatic rings. The smallest absolute Gasteiger partial charge is 0.321 e. The summed E-state index contributed by atoms with van der Waals surface area (Å²) in [5.41, 5.74) is 1.98. The number of benzene rings is 2. The highest BCUT2D eigenvalue weighted by atomic mass is 35.5. The topological polar surface area (TPSA) is 65.2 Å². The van der Waals surface area contributed by atoms with Crippen molar-refractivity contribution in [3.63, 3.8) is 0 Å². The molecule has 5 nitrogen and oxygen atoms in total. The zero-order chi connectivity index (χ0) is 17.1. The molecule has 1 heterocycles. The third-order valence-corrected chi connectivity index (χ3v) is 3.90. The molecule has 0 radical (unpaired) electrons. The van der Waals surface area contributed by atoms with Gasteiger partial charge in [-0.2, -0.15) is 0 Å². The summed E-state index contributed by atoms with van der Waals surface area (Å²) in [5.74, 6) is 0. The Bertz CT molecular complexity index is 952. The third-order valence-electron chi connectivity index (χ3n) is 3.67. The standard InChI is InChI=1S/C18H16ClN3O2/c1-22(18(24)20-14-6-4-5-13(19)10-14)11-12-9-17(23)21-16-8-3-2-7-15(12)16/h2-10H,11H2,1H3,(H,20,24)(H,21,23). The Labute approximate surface area is 143 Å². The Morgan fingerprint density at radius 1 is 1.17 bits per heavy atom. The van der Waals surface area contributed by atoms with Gasteiger partial charge in [-0.05, 0) is 29.8 Å². The van der Waals surface area contributed by atoms with E-state index >= 15 is 0 Å². The van der Waals surface area contributed by atoms with E-state index in [0.717, 1.165) is 16.5 Å². The first-order chi connectivity index (χ1) is 11.5. The molecular formula is C18H16ClN3O2. The van der Waals surface area contributed by atoms with Crippen LogP contribution in [0.15, 0.2) is 59.4 Å². The van der Waals surface area contributed by atoms with Crippen LogP contribution in [0.4, 0.5) is 10.5 Å². The van der Waals surface area contributed by atoms with Gasteiger partial charge in [-0.25, -0.2) is 4.79 Å². The molecular weight excluding hydrogens is 326 g/mol. The molecule has 0 aliphatic rings. The van der Waals surface area contributed by atoms with E-state index < -0.39 is 0 Å². The monoisotopic (exact) mass is 341 g/mol. The summed E-state index contributed by atoms with van der Waals surface area (Å²) in [6.07, 6.45) is 0. The minimum Gasteiger partial charge on any atom is -0.323 e. The van der Waals surface area contributed by atoms with Gasteiger partial charge in [0.25, 0.3) is 0 Å². The molecule has 0 saturated carbocycles. The Morgan fingerprint density at radius 2 is 1.96 bits per heavy atom. The van der Waals surface area contributed by atoms with Crippen LogP contribution in [0.5, 0.6) is 0 Å². The molecule has 0 saturated heterocycles. The van der Waals surface area contributed by atoms with E-state index in [4.69, 9.17) is 11.6 Å². The lowest BCUT2D eigenvalue weighted by Crippen LogP contribution is -2.31. The normalized spacial score (nSPS) is 10.6. The van der Waals surface area contributed by atoms with Crippen molar-refractivity contribution >= 4 is 34.2 Å². The van der Waals surface area contributed by atoms with Crippen molar-refractivity contribution in [1.82, 2.24) is 9.88 Å². The number of rotatable bonds is 3. The number of H-pyrrole nitrogens is 1. The predicted molar refractivity (Wildman–Crippen MR) is 96.5 cm³/mol. The number of nitrogens with zero attached hydrogens (tertiary/aromatic N) is 1. The molecule has 0 spiro atoms. The van der Waals surface area contributed by atoms with E-state index in [1.807, 2.05) is 24.3 Å². The highest BCUT2D eigenvalue weighted by molar-refractivity contribution is 6.30. The second-order valence-electron chi connectivity index (χ2n) is 5.50. The number of para-hydroxylation sites is 1. The molecule has 1 aromatic heterocycles. The molecule has 0 bridgehead atoms. The second-order valence-corrected chi connectivity index (χ2v) is 5.94. The quantitative estimate of drug-likeness (QED) is 0.760. The Balaban J connectivity index is 1.80. The van der Waals surface area contributed by atoms with Gasteiger partial charge in [0.2, 0.25) is 5.56 Å². The van der Waals surface area contributed by atoms with Crippen molar-refractivity contribution < 1.29 is 4.79 Å². The van der Waals surface area contributed by atoms with Crippen LogP contribution in [0.25, 0.3) is 10.9 Å². The fourth-order valence-electron chi connectivity index (χ4n) is 2.52. The average Bonchev–Trinajstić information content (AvgIpc) is 2.54. The number of nitrogens with one attached hydrogen (secondary N) is 2. The largest absolute Gasteiger partial charge is 0.323 e. The van der Waals surface area contributed by atoms with Crippen LogP contribution < -0.4 is 10.9 Å². The average molecular weight is 342 g/mol. The molecule has 6 heteroatoms. The number of fused-ring (bicyclic) bond motifs is 1. The fourth-order valence-corrected chi connectivity index (χ4v) is 2.71. The number of aromatic nitrogens is 1. The van der Waals surface area contributed by atoms with Crippen molar-refractivity contribution in [3.05, 3.63) is 75.5 Å². The number of hydrogen-bond donors (Lipinski definition) is 2. The van der Waals surface area contributed by atoms with Gasteiger partial charge in [-0.3, -0.25) is 4.79 Å². The van der Waals surface area contributed by atoms with Gasteiger partial charge < -0.3 is 15.2 Å². The summed E-state index contributed by atoms with van der Waals surface area (Å²) < 4.78 is 0. The minimum atomic E-state index is -0.276. The van der Waals surface area contributed by atoms with Gasteiger partial charge in [-0.15, -0.1) is 0 Å². The number of pyridine rings is 1. The fraction of sp³-hybridized carbons (Fsp3) is 0.111. The van der Waals surface area contributed by atoms with Crippen LogP contribution in [0.1, 0.15) is 5.56 Å². The SMILES string of the molecule is CN(Cc1cc(=O)[nH]c2ccccc12)C(=O)Nc1cccc(Cl)c1. The van der Waals surface area contributed by atoms with Crippen LogP contribution in [0.3, 0.4) is 0 Å². The van der Waals surface area contributed by atoms with Crippen molar-refractivity contribution in [1.29, 1.82) is 0 Å². The number of halogens is 1. The van der Waals surface area contributed by atoms with Crippen LogP contribution in [0.2, 0.25) is 5.02 Å². The lowest BCUT2D eigenvalue weighted by atomic mass is 10.1. The maximum absolute atomic E-state index is 12.3. The van der Waals surface area contributed by atoms with Gasteiger partial charge >= 0.3 is 6.03 Å². The lowest BCUT2D eigenvalue weighted by molar-refractivity contribution is 0.221. The maximum Gasteiger partial charge on any atom is 0.321 e. The van der Waals surface area contributed by atoms with Crippen molar-refractivity contribution in [2.75, 3.05) is 12.4 Å². The van der Waals surface area contributed by atoms with Crippen molar-refractivity contribution in [2.45, 2.75) is 6.54 Å². The number of aromatic amines is 1. The Kier molecular flexibility index (Phi) is 4.53. The van der Waals surface area contributed by atoms with E-state index in [1.165, 1.54) is 11.0 Å². The number of anilines is 1. The molecule has 24 heavy (non-hydrogen) atoms. The van der Waals surface area contributed by atoms with Crippen LogP contribution in [-0.2, 0) is 6.54 Å². The number of urea groups is 1. The number of carbonyl (C=O) groups excluding carboxylic acids is 1. The zero-order valence-corrected chi connectivity index (χ0v) is 13.8. The highest BCUT2D eigenvalue weighted by Gasteiger charge is 2.12. The number of amides is 2. The summed E-state index contributed by atoms with van der Waals surface area (Å²) in [5, 5.41) is 4.25. The van der Waals surface area contributed by atoms with Crippen molar-refractivity contribution in [3.8, 4) is 0 Å². The van der Waals surface area contributed by atoms with Crippen LogP contribution in [-0.4, -0.2) is 23.0 Å². The molecule has 3 rings (SSSR count). The first kappa shape index (κ1) is 16.1. The summed E-state index contributed by atoms with van der Waals surface area (Å²) in [6.45, 7) is 0.316. The van der Waals surface area contributed by atoms with Crippen LogP contribution >= 0.6 is 11.6 Å². The van der Waals surface area contributed by atoms with Gasteiger partial charge in [0.1, 0.15) is 0 Å². The molecule has 2 N–H and O–H groups in total. The first-order valence-corrected chi connectivity index (χ1v) is 7.79. The summed E-state index contributed by atoms with van der Waals surface area (Å²) in [7, 11) is 1.68. The third kappa shape index (κ3) is 3.58. The van der Waals surface area contributed by atoms with Gasteiger partial charge in [-0.1, -0.05) is 35.9 Å². The van der Waals surface area contributed by atoms with Crippen LogP contribution in [0, 0.1) is 0 Å². The van der Waals surface area contributed by atoms with Gasteiger partial charge in [0.05, 0.1) is 0 Å². The second kappa shape index (κ2) is 6.76. The van der Waals surface area contributed by atoms with Crippen molar-refractivity contribution in [2.24, 2.45) is 0 Å². The summed E-state index contributed by atoms with van der Waals surface area (Å²) >= 11 is 5.92. The molecule has 122 valence electrons. The van der Waals surface area contributed by atoms with E-state index in [-0.39, 0.29) is 11.6 Å². The van der Waals surface area contributed by atoms with Gasteiger partial charge in [0, 0.05) is 41.3 Å². The number of carbonyl (C=O) groups is 1. The Morgan fingerprint density at radius 3 is 2.75 bits per heavy atom. The predicted octanol–water partition coefficient (Wildman–Crippen LogP) is 3.85. The molecule has 0 unspecified atom stereocenters. The van der Waals surface area contributed by atoms with E-state index in [0.29, 0.717) is 17.3 Å². The maximum atomic E-state index is 12.3. The number of hydrogen-bond acceptors (Lipinski definition) is 2. The van der Waals surface area contributed by atoms with E-state index in [1.54, 1.807) is 31.3 Å². The molecule has 0 aliphatic carbocycles. The Hall–Kier alpha value is -2.79. The molecule has 2 aromatic carbocycles. The van der Waals surface area contributed by atoms with E-state index in [2.05, 4.69) is 10.3 Å². The van der Waals surface area contributed by atoms with Gasteiger partial charge in [0.15, 0.2) is 0 Å². The first-order valence-electron chi connectivity index (χ1n) is 7.41. The lowest BCUT2D eigenvalue weighted by Gasteiger charge is -2.19.